The number of halogens is 2. The third-order valence-corrected chi connectivity index (χ3v) is 6.56. The molecule has 1 saturated heterocycles. The molecule has 0 radical (unpaired) electrons. The Morgan fingerprint density at radius 1 is 0.971 bits per heavy atom. The minimum Gasteiger partial charge on any atom is -0.367 e. The van der Waals surface area contributed by atoms with Gasteiger partial charge in [-0.25, -0.2) is 4.39 Å². The smallest absolute Gasteiger partial charge is 0.257 e. The molecule has 3 aromatic rings. The first-order chi connectivity index (χ1) is 16.7. The Morgan fingerprint density at radius 2 is 1.66 bits per heavy atom. The summed E-state index contributed by atoms with van der Waals surface area (Å²) in [6, 6.07) is 11.0. The van der Waals surface area contributed by atoms with Crippen molar-refractivity contribution in [2.24, 2.45) is 0 Å². The predicted molar refractivity (Wildman–Crippen MR) is 138 cm³/mol. The highest BCUT2D eigenvalue weighted by molar-refractivity contribution is 6.35. The molecule has 0 aliphatic carbocycles. The number of rotatable bonds is 5. The molecule has 0 bridgehead atoms. The molecule has 2 heterocycles. The molecule has 2 aromatic carbocycles. The van der Waals surface area contributed by atoms with Gasteiger partial charge in [0.25, 0.3) is 5.91 Å². The van der Waals surface area contributed by atoms with E-state index in [1.165, 1.54) is 19.9 Å². The first-order valence-corrected chi connectivity index (χ1v) is 11.7. The Kier molecular flexibility index (Phi) is 7.33. The number of piperazine rings is 1. The molecule has 1 aromatic heterocycles. The minimum atomic E-state index is -0.667. The van der Waals surface area contributed by atoms with Crippen LogP contribution in [0.4, 0.5) is 21.5 Å². The monoisotopic (exact) mass is 495 g/mol. The fourth-order valence-corrected chi connectivity index (χ4v) is 4.31. The Morgan fingerprint density at radius 3 is 2.31 bits per heavy atom. The number of carbonyl (C=O) groups excluding carboxylic acids is 2. The van der Waals surface area contributed by atoms with Crippen LogP contribution in [0.15, 0.2) is 48.8 Å². The van der Waals surface area contributed by atoms with Crippen LogP contribution in [0, 0.1) is 12.7 Å². The van der Waals surface area contributed by atoms with Crippen molar-refractivity contribution < 1.29 is 14.0 Å². The lowest BCUT2D eigenvalue weighted by atomic mass is 10.0. The number of amides is 2. The largest absolute Gasteiger partial charge is 0.367 e. The maximum absolute atomic E-state index is 14.6. The molecule has 0 saturated carbocycles. The summed E-state index contributed by atoms with van der Waals surface area (Å²) in [5.41, 5.74) is 3.47. The first-order valence-electron chi connectivity index (χ1n) is 11.3. The molecule has 1 aliphatic rings. The molecular weight excluding hydrogens is 469 g/mol. The standard InChI is InChI=1S/C26H27ClFN5O2/c1-16-24(27)20(15-22(25(16)28)30-17(2)34)26(35)31-21-14-19(18-6-8-29-9-7-18)4-5-23(21)33-12-10-32(3)11-13-33/h4-9,14-15H,10-13H2,1-3H3,(H,30,34)(H,31,35). The van der Waals surface area contributed by atoms with Crippen molar-refractivity contribution in [2.75, 3.05) is 48.8 Å². The molecule has 35 heavy (non-hydrogen) atoms. The molecule has 4 rings (SSSR count). The van der Waals surface area contributed by atoms with Gasteiger partial charge in [-0.1, -0.05) is 17.7 Å². The molecule has 0 unspecified atom stereocenters. The summed E-state index contributed by atoms with van der Waals surface area (Å²) >= 11 is 6.36. The first kappa shape index (κ1) is 24.6. The van der Waals surface area contributed by atoms with Crippen LogP contribution in [0.5, 0.6) is 0 Å². The molecular formula is C26H27ClFN5O2. The zero-order valence-corrected chi connectivity index (χ0v) is 20.6. The Hall–Kier alpha value is -3.49. The van der Waals surface area contributed by atoms with Crippen molar-refractivity contribution >= 4 is 40.5 Å². The summed E-state index contributed by atoms with van der Waals surface area (Å²) in [5.74, 6) is -1.61. The van der Waals surface area contributed by atoms with Crippen LogP contribution in [-0.4, -0.2) is 54.9 Å². The van der Waals surface area contributed by atoms with E-state index < -0.39 is 17.6 Å². The molecule has 9 heteroatoms. The summed E-state index contributed by atoms with van der Waals surface area (Å²) in [4.78, 5) is 33.5. The van der Waals surface area contributed by atoms with Crippen LogP contribution in [0.1, 0.15) is 22.8 Å². The second-order valence-corrected chi connectivity index (χ2v) is 9.00. The fraction of sp³-hybridized carbons (Fsp3) is 0.269. The van der Waals surface area contributed by atoms with Crippen molar-refractivity contribution in [3.05, 3.63) is 70.8 Å². The van der Waals surface area contributed by atoms with Crippen LogP contribution in [-0.2, 0) is 4.79 Å². The highest BCUT2D eigenvalue weighted by Gasteiger charge is 2.23. The number of nitrogens with zero attached hydrogens (tertiary/aromatic N) is 3. The van der Waals surface area contributed by atoms with Gasteiger partial charge < -0.3 is 20.4 Å². The van der Waals surface area contributed by atoms with Gasteiger partial charge in [-0.15, -0.1) is 0 Å². The van der Waals surface area contributed by atoms with E-state index in [-0.39, 0.29) is 21.8 Å². The zero-order chi connectivity index (χ0) is 25.1. The van der Waals surface area contributed by atoms with Crippen LogP contribution < -0.4 is 15.5 Å². The van der Waals surface area contributed by atoms with E-state index >= 15 is 0 Å². The van der Waals surface area contributed by atoms with Gasteiger partial charge in [0.15, 0.2) is 5.82 Å². The van der Waals surface area contributed by atoms with Crippen molar-refractivity contribution in [2.45, 2.75) is 13.8 Å². The number of pyridine rings is 1. The van der Waals surface area contributed by atoms with Gasteiger partial charge in [-0.3, -0.25) is 14.6 Å². The lowest BCUT2D eigenvalue weighted by Gasteiger charge is -2.35. The zero-order valence-electron chi connectivity index (χ0n) is 19.9. The van der Waals surface area contributed by atoms with Gasteiger partial charge in [-0.05, 0) is 55.4 Å². The van der Waals surface area contributed by atoms with Gasteiger partial charge in [0.2, 0.25) is 5.91 Å². The van der Waals surface area contributed by atoms with Crippen molar-refractivity contribution in [3.8, 4) is 11.1 Å². The molecule has 1 aliphatic heterocycles. The number of nitrogens with one attached hydrogen (secondary N) is 2. The van der Waals surface area contributed by atoms with Gasteiger partial charge in [-0.2, -0.15) is 0 Å². The van der Waals surface area contributed by atoms with E-state index in [1.807, 2.05) is 30.3 Å². The van der Waals surface area contributed by atoms with Crippen LogP contribution in [0.3, 0.4) is 0 Å². The second-order valence-electron chi connectivity index (χ2n) is 8.62. The third-order valence-electron chi connectivity index (χ3n) is 6.08. The van der Waals surface area contributed by atoms with Crippen molar-refractivity contribution in [3.63, 3.8) is 0 Å². The average Bonchev–Trinajstić information content (AvgIpc) is 2.85. The van der Waals surface area contributed by atoms with E-state index in [0.29, 0.717) is 5.69 Å². The summed E-state index contributed by atoms with van der Waals surface area (Å²) in [5, 5.41) is 5.41. The second kappa shape index (κ2) is 10.4. The highest BCUT2D eigenvalue weighted by Crippen LogP contribution is 2.34. The van der Waals surface area contributed by atoms with E-state index in [4.69, 9.17) is 11.6 Å². The topological polar surface area (TPSA) is 77.6 Å². The SMILES string of the molecule is CC(=O)Nc1cc(C(=O)Nc2cc(-c3ccncc3)ccc2N2CCN(C)CC2)c(Cl)c(C)c1F. The third kappa shape index (κ3) is 5.44. The molecule has 1 fully saturated rings. The van der Waals surface area contributed by atoms with Gasteiger partial charge >= 0.3 is 0 Å². The van der Waals surface area contributed by atoms with Crippen LogP contribution in [0.25, 0.3) is 11.1 Å². The average molecular weight is 496 g/mol. The quantitative estimate of drug-likeness (QED) is 0.531. The van der Waals surface area contributed by atoms with Crippen LogP contribution >= 0.6 is 11.6 Å². The minimum absolute atomic E-state index is 0.000498. The molecule has 2 amide bonds. The summed E-state index contributed by atoms with van der Waals surface area (Å²) in [6.07, 6.45) is 3.43. The van der Waals surface area contributed by atoms with Gasteiger partial charge in [0.1, 0.15) is 0 Å². The van der Waals surface area contributed by atoms with E-state index in [9.17, 15) is 14.0 Å². The van der Waals surface area contributed by atoms with Crippen molar-refractivity contribution in [1.82, 2.24) is 9.88 Å². The summed E-state index contributed by atoms with van der Waals surface area (Å²) in [7, 11) is 2.08. The van der Waals surface area contributed by atoms with Gasteiger partial charge in [0, 0.05) is 51.1 Å². The molecule has 2 N–H and O–H groups in total. The van der Waals surface area contributed by atoms with E-state index in [0.717, 1.165) is 43.0 Å². The Balaban J connectivity index is 1.73. The number of benzene rings is 2. The van der Waals surface area contributed by atoms with Crippen LogP contribution in [0.2, 0.25) is 5.02 Å². The fourth-order valence-electron chi connectivity index (χ4n) is 4.09. The van der Waals surface area contributed by atoms with E-state index in [1.54, 1.807) is 12.4 Å². The Labute approximate surface area is 208 Å². The molecule has 0 atom stereocenters. The Bertz CT molecular complexity index is 1260. The molecule has 0 spiro atoms. The summed E-state index contributed by atoms with van der Waals surface area (Å²) < 4.78 is 14.6. The number of hydrogen-bond donors (Lipinski definition) is 2. The van der Waals surface area contributed by atoms with Gasteiger partial charge in [0.05, 0.1) is 27.6 Å². The van der Waals surface area contributed by atoms with Crippen molar-refractivity contribution in [1.29, 1.82) is 0 Å². The number of carbonyl (C=O) groups is 2. The summed E-state index contributed by atoms with van der Waals surface area (Å²) in [6.45, 7) is 6.19. The maximum Gasteiger partial charge on any atom is 0.257 e. The lowest BCUT2D eigenvalue weighted by Crippen LogP contribution is -2.44. The number of anilines is 3. The van der Waals surface area contributed by atoms with E-state index in [2.05, 4.69) is 32.5 Å². The number of aromatic nitrogens is 1. The predicted octanol–water partition coefficient (Wildman–Crippen LogP) is 4.81. The highest BCUT2D eigenvalue weighted by atomic mass is 35.5. The normalized spacial score (nSPS) is 14.0. The molecule has 7 nitrogen and oxygen atoms in total. The number of hydrogen-bond acceptors (Lipinski definition) is 5. The molecule has 182 valence electrons. The number of likely N-dealkylation sites (N-methyl/N-ethyl adjacent to an activating group) is 1. The lowest BCUT2D eigenvalue weighted by molar-refractivity contribution is -0.114. The maximum atomic E-state index is 14.6.